The topological polar surface area (TPSA) is 93.0 Å². The Morgan fingerprint density at radius 3 is 2.46 bits per heavy atom. The van der Waals surface area contributed by atoms with E-state index >= 15 is 0 Å². The van der Waals surface area contributed by atoms with Crippen LogP contribution in [-0.2, 0) is 10.0 Å². The van der Waals surface area contributed by atoms with Gasteiger partial charge in [-0.25, -0.2) is 8.42 Å². The predicted molar refractivity (Wildman–Crippen MR) is 105 cm³/mol. The highest BCUT2D eigenvalue weighted by Crippen LogP contribution is 2.26. The van der Waals surface area contributed by atoms with Crippen molar-refractivity contribution in [2.75, 3.05) is 39.3 Å². The summed E-state index contributed by atoms with van der Waals surface area (Å²) >= 11 is 0. The fraction of sp³-hybridized carbons (Fsp3) is 0.368. The van der Waals surface area contributed by atoms with Crippen LogP contribution in [0.25, 0.3) is 0 Å². The molecule has 9 heteroatoms. The second-order valence-electron chi connectivity index (χ2n) is 6.64. The molecule has 1 aliphatic rings. The van der Waals surface area contributed by atoms with E-state index in [1.54, 1.807) is 0 Å². The zero-order valence-corrected chi connectivity index (χ0v) is 16.5. The van der Waals surface area contributed by atoms with Gasteiger partial charge in [0, 0.05) is 38.8 Å². The Bertz CT molecular complexity index is 940. The number of ether oxygens (including phenoxy) is 1. The maximum Gasteiger partial charge on any atom is 0.289 e. The largest absolute Gasteiger partial charge is 0.492 e. The molecule has 0 spiro atoms. The number of hydrogen-bond acceptors (Lipinski definition) is 6. The molecule has 150 valence electrons. The van der Waals surface area contributed by atoms with E-state index in [4.69, 9.17) is 4.74 Å². The number of para-hydroxylation sites is 1. The molecule has 0 N–H and O–H groups in total. The third-order valence-electron chi connectivity index (χ3n) is 4.68. The van der Waals surface area contributed by atoms with E-state index in [0.717, 1.165) is 11.3 Å². The van der Waals surface area contributed by atoms with Crippen LogP contribution in [-0.4, -0.2) is 61.9 Å². The zero-order valence-electron chi connectivity index (χ0n) is 15.7. The predicted octanol–water partition coefficient (Wildman–Crippen LogP) is 2.29. The van der Waals surface area contributed by atoms with Crippen molar-refractivity contribution >= 4 is 15.7 Å². The standard InChI is InChI=1S/C19H23N3O5S/c1-16-5-4-6-17(15-16)27-14-13-20-9-11-21(12-10-20)28(25,26)19-8-3-2-7-18(19)22(23)24/h2-8,15H,9-14H2,1H3. The smallest absolute Gasteiger partial charge is 0.289 e. The summed E-state index contributed by atoms with van der Waals surface area (Å²) in [4.78, 5) is 12.4. The average Bonchev–Trinajstić information content (AvgIpc) is 2.68. The van der Waals surface area contributed by atoms with Crippen LogP contribution < -0.4 is 4.74 Å². The van der Waals surface area contributed by atoms with Crippen molar-refractivity contribution in [1.82, 2.24) is 9.21 Å². The molecule has 1 fully saturated rings. The summed E-state index contributed by atoms with van der Waals surface area (Å²) in [5, 5.41) is 11.2. The number of sulfonamides is 1. The van der Waals surface area contributed by atoms with E-state index in [-0.39, 0.29) is 4.90 Å². The molecule has 0 aliphatic carbocycles. The Balaban J connectivity index is 1.55. The SMILES string of the molecule is Cc1cccc(OCCN2CCN(S(=O)(=O)c3ccccc3[N+](=O)[O-])CC2)c1. The van der Waals surface area contributed by atoms with Crippen LogP contribution in [0, 0.1) is 17.0 Å². The van der Waals surface area contributed by atoms with Gasteiger partial charge < -0.3 is 4.74 Å². The van der Waals surface area contributed by atoms with Gasteiger partial charge in [-0.05, 0) is 30.7 Å². The molecule has 1 saturated heterocycles. The molecule has 8 nitrogen and oxygen atoms in total. The first-order valence-electron chi connectivity index (χ1n) is 9.03. The van der Waals surface area contributed by atoms with Crippen LogP contribution in [0.4, 0.5) is 5.69 Å². The third kappa shape index (κ3) is 4.67. The van der Waals surface area contributed by atoms with E-state index in [2.05, 4.69) is 4.90 Å². The van der Waals surface area contributed by atoms with Crippen LogP contribution in [0.3, 0.4) is 0 Å². The highest BCUT2D eigenvalue weighted by Gasteiger charge is 2.33. The lowest BCUT2D eigenvalue weighted by molar-refractivity contribution is -0.387. The van der Waals surface area contributed by atoms with Gasteiger partial charge in [-0.1, -0.05) is 24.3 Å². The first-order valence-corrected chi connectivity index (χ1v) is 10.5. The Kier molecular flexibility index (Phi) is 6.28. The summed E-state index contributed by atoms with van der Waals surface area (Å²) < 4.78 is 32.7. The Morgan fingerprint density at radius 1 is 1.07 bits per heavy atom. The van der Waals surface area contributed by atoms with Gasteiger partial charge in [-0.3, -0.25) is 15.0 Å². The molecule has 0 saturated carbocycles. The van der Waals surface area contributed by atoms with Gasteiger partial charge in [-0.2, -0.15) is 4.31 Å². The van der Waals surface area contributed by atoms with Crippen molar-refractivity contribution in [3.63, 3.8) is 0 Å². The fourth-order valence-electron chi connectivity index (χ4n) is 3.16. The molecule has 0 bridgehead atoms. The molecule has 28 heavy (non-hydrogen) atoms. The van der Waals surface area contributed by atoms with Gasteiger partial charge in [0.1, 0.15) is 12.4 Å². The van der Waals surface area contributed by atoms with Crippen LogP contribution in [0.5, 0.6) is 5.75 Å². The first-order chi connectivity index (χ1) is 13.4. The molecule has 0 aromatic heterocycles. The minimum absolute atomic E-state index is 0.253. The molecule has 0 radical (unpaired) electrons. The molecule has 1 heterocycles. The molecule has 1 aliphatic heterocycles. The summed E-state index contributed by atoms with van der Waals surface area (Å²) in [5.74, 6) is 0.817. The number of nitro benzene ring substituents is 1. The van der Waals surface area contributed by atoms with Gasteiger partial charge in [0.15, 0.2) is 4.90 Å². The second kappa shape index (κ2) is 8.68. The molecule has 2 aromatic rings. The van der Waals surface area contributed by atoms with Crippen LogP contribution in [0.15, 0.2) is 53.4 Å². The number of aryl methyl sites for hydroxylation is 1. The van der Waals surface area contributed by atoms with Gasteiger partial charge in [-0.15, -0.1) is 0 Å². The molecular formula is C19H23N3O5S. The average molecular weight is 405 g/mol. The molecule has 0 amide bonds. The van der Waals surface area contributed by atoms with Crippen LogP contribution in [0.1, 0.15) is 5.56 Å². The third-order valence-corrected chi connectivity index (χ3v) is 6.62. The van der Waals surface area contributed by atoms with Gasteiger partial charge in [0.2, 0.25) is 10.0 Å². The second-order valence-corrected chi connectivity index (χ2v) is 8.54. The number of rotatable bonds is 7. The van der Waals surface area contributed by atoms with Crippen molar-refractivity contribution in [1.29, 1.82) is 0 Å². The number of nitrogens with zero attached hydrogens (tertiary/aromatic N) is 3. The maximum absolute atomic E-state index is 12.8. The van der Waals surface area contributed by atoms with Crippen molar-refractivity contribution in [2.45, 2.75) is 11.8 Å². The molecule has 3 rings (SSSR count). The zero-order chi connectivity index (χ0) is 20.1. The molecule has 0 unspecified atom stereocenters. The van der Waals surface area contributed by atoms with Gasteiger partial charge in [0.05, 0.1) is 4.92 Å². The number of nitro groups is 1. The highest BCUT2D eigenvalue weighted by molar-refractivity contribution is 7.89. The monoisotopic (exact) mass is 405 g/mol. The Morgan fingerprint density at radius 2 is 1.79 bits per heavy atom. The molecule has 2 aromatic carbocycles. The van der Waals surface area contributed by atoms with E-state index in [1.165, 1.54) is 28.6 Å². The van der Waals surface area contributed by atoms with E-state index in [0.29, 0.717) is 39.3 Å². The first kappa shape index (κ1) is 20.2. The number of benzene rings is 2. The van der Waals surface area contributed by atoms with E-state index in [1.807, 2.05) is 31.2 Å². The minimum atomic E-state index is -3.90. The summed E-state index contributed by atoms with van der Waals surface area (Å²) in [5.41, 5.74) is 0.739. The lowest BCUT2D eigenvalue weighted by Crippen LogP contribution is -2.49. The Labute approximate surface area is 164 Å². The normalized spacial score (nSPS) is 16.0. The molecule has 0 atom stereocenters. The maximum atomic E-state index is 12.8. The highest BCUT2D eigenvalue weighted by atomic mass is 32.2. The fourth-order valence-corrected chi connectivity index (χ4v) is 4.74. The lowest BCUT2D eigenvalue weighted by atomic mass is 10.2. The quantitative estimate of drug-likeness (QED) is 0.518. The van der Waals surface area contributed by atoms with E-state index in [9.17, 15) is 18.5 Å². The van der Waals surface area contributed by atoms with Crippen LogP contribution >= 0.6 is 0 Å². The molecular weight excluding hydrogens is 382 g/mol. The summed E-state index contributed by atoms with van der Waals surface area (Å²) in [6.07, 6.45) is 0. The minimum Gasteiger partial charge on any atom is -0.492 e. The number of piperazine rings is 1. The summed E-state index contributed by atoms with van der Waals surface area (Å²) in [7, 11) is -3.90. The van der Waals surface area contributed by atoms with Crippen LogP contribution in [0.2, 0.25) is 0 Å². The van der Waals surface area contributed by atoms with Crippen molar-refractivity contribution in [3.8, 4) is 5.75 Å². The van der Waals surface area contributed by atoms with Gasteiger partial charge in [0.25, 0.3) is 5.69 Å². The van der Waals surface area contributed by atoms with Crippen molar-refractivity contribution < 1.29 is 18.1 Å². The van der Waals surface area contributed by atoms with Crippen molar-refractivity contribution in [2.24, 2.45) is 0 Å². The summed E-state index contributed by atoms with van der Waals surface area (Å²) in [6, 6.07) is 13.3. The van der Waals surface area contributed by atoms with Crippen molar-refractivity contribution in [3.05, 3.63) is 64.2 Å². The lowest BCUT2D eigenvalue weighted by Gasteiger charge is -2.33. The van der Waals surface area contributed by atoms with E-state index < -0.39 is 20.6 Å². The summed E-state index contributed by atoms with van der Waals surface area (Å²) in [6.45, 7) is 4.89. The number of hydrogen-bond donors (Lipinski definition) is 0. The Hall–Kier alpha value is -2.49. The van der Waals surface area contributed by atoms with Gasteiger partial charge >= 0.3 is 0 Å².